The van der Waals surface area contributed by atoms with Gasteiger partial charge in [0.2, 0.25) is 0 Å². The van der Waals surface area contributed by atoms with Crippen molar-refractivity contribution in [1.29, 1.82) is 5.41 Å². The number of ether oxygens (including phenoxy) is 1. The van der Waals surface area contributed by atoms with E-state index in [1.54, 1.807) is 12.4 Å². The first-order valence-electron chi connectivity index (χ1n) is 15.4. The summed E-state index contributed by atoms with van der Waals surface area (Å²) in [5.41, 5.74) is 8.59. The number of nitrogens with one attached hydrogen (secondary N) is 1. The van der Waals surface area contributed by atoms with Crippen molar-refractivity contribution in [2.75, 3.05) is 59.5 Å². The van der Waals surface area contributed by atoms with E-state index in [1.165, 1.54) is 32.5 Å². The summed E-state index contributed by atoms with van der Waals surface area (Å²) in [7, 11) is 1.92. The number of nitrogens with two attached hydrogens (primary N) is 1. The molecule has 40 heavy (non-hydrogen) atoms. The third-order valence-corrected chi connectivity index (χ3v) is 8.25. The molecule has 3 aliphatic heterocycles. The van der Waals surface area contributed by atoms with Gasteiger partial charge >= 0.3 is 0 Å². The summed E-state index contributed by atoms with van der Waals surface area (Å²) < 4.78 is 5.55. The number of nitrogens with zero attached hydrogens (tertiary/aromatic N) is 7. The largest absolute Gasteiger partial charge is 0.404 e. The van der Waals surface area contributed by atoms with Gasteiger partial charge in [-0.15, -0.1) is 0 Å². The van der Waals surface area contributed by atoms with Crippen molar-refractivity contribution in [2.45, 2.75) is 84.2 Å². The number of amidine groups is 1. The van der Waals surface area contributed by atoms with E-state index in [1.807, 2.05) is 25.1 Å². The standard InChI is InChI=1S/C30H53N9O/c1-5-20-40-21-8-15-36(4)30(32)29(6-2)35-33-23-26(22-31)25-9-14-34-39(24-25)28-12-18-38(19-13-28)27-10-16-37(7-3)17-11-27/h14,22-24,27-28,32H,5-13,15-21,31H2,1-4H3/b26-22+,32-30?,33-23-,35-29-. The Kier molecular flexibility index (Phi) is 13.8. The summed E-state index contributed by atoms with van der Waals surface area (Å²) in [5, 5.41) is 24.1. The molecule has 0 spiro atoms. The predicted octanol–water partition coefficient (Wildman–Crippen LogP) is 3.92. The lowest BCUT2D eigenvalue weighted by molar-refractivity contribution is 0.0682. The first kappa shape index (κ1) is 32.0. The van der Waals surface area contributed by atoms with Gasteiger partial charge in [0.15, 0.2) is 0 Å². The van der Waals surface area contributed by atoms with Crippen molar-refractivity contribution in [3.05, 3.63) is 23.5 Å². The maximum atomic E-state index is 8.53. The van der Waals surface area contributed by atoms with Gasteiger partial charge in [0, 0.05) is 76.5 Å². The molecular formula is C30H53N9O. The number of rotatable bonds is 14. The van der Waals surface area contributed by atoms with Crippen molar-refractivity contribution >= 4 is 24.0 Å². The molecular weight excluding hydrogens is 502 g/mol. The van der Waals surface area contributed by atoms with E-state index in [9.17, 15) is 0 Å². The molecule has 0 unspecified atom stereocenters. The third kappa shape index (κ3) is 9.52. The van der Waals surface area contributed by atoms with Crippen molar-refractivity contribution in [3.8, 4) is 0 Å². The molecule has 0 aromatic heterocycles. The van der Waals surface area contributed by atoms with Gasteiger partial charge in [0.1, 0.15) is 11.5 Å². The SMILES string of the molecule is CCCOCCCN(C)C(=N)\C(CC)=N/N=C\C(=C/N)C1=CN(C2CCN(C3CCN(CC)CC3)CC2)N=CC1. The van der Waals surface area contributed by atoms with E-state index < -0.39 is 0 Å². The highest BCUT2D eigenvalue weighted by atomic mass is 16.5. The lowest BCUT2D eigenvalue weighted by atomic mass is 9.97. The van der Waals surface area contributed by atoms with Gasteiger partial charge in [-0.1, -0.05) is 20.8 Å². The van der Waals surface area contributed by atoms with Gasteiger partial charge in [-0.25, -0.2) is 0 Å². The molecule has 0 aliphatic carbocycles. The molecule has 0 bridgehead atoms. The van der Waals surface area contributed by atoms with Crippen molar-refractivity contribution in [1.82, 2.24) is 19.7 Å². The van der Waals surface area contributed by atoms with Crippen LogP contribution in [0.1, 0.15) is 72.1 Å². The van der Waals surface area contributed by atoms with E-state index >= 15 is 0 Å². The first-order chi connectivity index (χ1) is 19.5. The summed E-state index contributed by atoms with van der Waals surface area (Å²) in [6.07, 6.45) is 15.5. The van der Waals surface area contributed by atoms with Crippen LogP contribution < -0.4 is 5.73 Å². The molecule has 3 heterocycles. The first-order valence-corrected chi connectivity index (χ1v) is 15.4. The highest BCUT2D eigenvalue weighted by molar-refractivity contribution is 6.39. The molecule has 2 fully saturated rings. The van der Waals surface area contributed by atoms with Crippen molar-refractivity contribution in [3.63, 3.8) is 0 Å². The molecule has 10 nitrogen and oxygen atoms in total. The van der Waals surface area contributed by atoms with Crippen LogP contribution in [-0.2, 0) is 4.74 Å². The van der Waals surface area contributed by atoms with Crippen LogP contribution in [0.2, 0.25) is 0 Å². The smallest absolute Gasteiger partial charge is 0.144 e. The van der Waals surface area contributed by atoms with E-state index in [0.717, 1.165) is 69.1 Å². The highest BCUT2D eigenvalue weighted by Crippen LogP contribution is 2.26. The monoisotopic (exact) mass is 555 g/mol. The van der Waals surface area contributed by atoms with Crippen LogP contribution in [0.15, 0.2) is 38.9 Å². The maximum absolute atomic E-state index is 8.53. The van der Waals surface area contributed by atoms with E-state index in [0.29, 0.717) is 37.0 Å². The third-order valence-electron chi connectivity index (χ3n) is 8.25. The molecule has 0 aromatic rings. The molecule has 0 atom stereocenters. The van der Waals surface area contributed by atoms with Crippen LogP contribution in [0, 0.1) is 5.41 Å². The minimum absolute atomic E-state index is 0.394. The fourth-order valence-corrected chi connectivity index (χ4v) is 5.65. The Hall–Kier alpha value is -2.56. The molecule has 3 aliphatic rings. The average molecular weight is 556 g/mol. The lowest BCUT2D eigenvalue weighted by Crippen LogP contribution is -2.50. The normalized spacial score (nSPS) is 20.9. The molecule has 3 N–H and O–H groups in total. The summed E-state index contributed by atoms with van der Waals surface area (Å²) in [6, 6.07) is 1.14. The van der Waals surface area contributed by atoms with Crippen LogP contribution in [0.25, 0.3) is 0 Å². The van der Waals surface area contributed by atoms with Crippen LogP contribution in [0.5, 0.6) is 0 Å². The minimum atomic E-state index is 0.394. The lowest BCUT2D eigenvalue weighted by Gasteiger charge is -2.43. The van der Waals surface area contributed by atoms with Gasteiger partial charge < -0.3 is 25.2 Å². The zero-order valence-electron chi connectivity index (χ0n) is 25.4. The van der Waals surface area contributed by atoms with Gasteiger partial charge in [-0.2, -0.15) is 15.3 Å². The number of piperidine rings is 2. The van der Waals surface area contributed by atoms with Crippen LogP contribution in [0.4, 0.5) is 0 Å². The van der Waals surface area contributed by atoms with E-state index in [2.05, 4.69) is 45.1 Å². The maximum Gasteiger partial charge on any atom is 0.144 e. The Morgan fingerprint density at radius 3 is 2.50 bits per heavy atom. The summed E-state index contributed by atoms with van der Waals surface area (Å²) in [4.78, 5) is 7.18. The highest BCUT2D eigenvalue weighted by Gasteiger charge is 2.30. The fraction of sp³-hybridized carbons (Fsp3) is 0.733. The minimum Gasteiger partial charge on any atom is -0.404 e. The van der Waals surface area contributed by atoms with Crippen molar-refractivity contribution < 1.29 is 4.74 Å². The average Bonchev–Trinajstić information content (AvgIpc) is 3.01. The van der Waals surface area contributed by atoms with Gasteiger partial charge in [-0.3, -0.25) is 10.4 Å². The Morgan fingerprint density at radius 2 is 1.85 bits per heavy atom. The summed E-state index contributed by atoms with van der Waals surface area (Å²) >= 11 is 0. The summed E-state index contributed by atoms with van der Waals surface area (Å²) in [6.45, 7) is 14.5. The molecule has 10 heteroatoms. The second kappa shape index (κ2) is 17.3. The zero-order chi connectivity index (χ0) is 28.7. The summed E-state index contributed by atoms with van der Waals surface area (Å²) in [5.74, 6) is 0.394. The molecule has 3 rings (SSSR count). The topological polar surface area (TPSA) is 109 Å². The Bertz CT molecular complexity index is 925. The number of hydrogen-bond donors (Lipinski definition) is 2. The van der Waals surface area contributed by atoms with Gasteiger partial charge in [-0.05, 0) is 70.2 Å². The number of hydrogen-bond acceptors (Lipinski definition) is 9. The van der Waals surface area contributed by atoms with Crippen LogP contribution in [0.3, 0.4) is 0 Å². The van der Waals surface area contributed by atoms with E-state index in [4.69, 9.17) is 21.0 Å². The Labute approximate surface area is 242 Å². The predicted molar refractivity (Wildman–Crippen MR) is 167 cm³/mol. The second-order valence-corrected chi connectivity index (χ2v) is 11.0. The van der Waals surface area contributed by atoms with Gasteiger partial charge in [0.05, 0.1) is 12.3 Å². The fourth-order valence-electron chi connectivity index (χ4n) is 5.65. The second-order valence-electron chi connectivity index (χ2n) is 11.0. The molecule has 0 saturated carbocycles. The zero-order valence-corrected chi connectivity index (χ0v) is 25.4. The number of likely N-dealkylation sites (tertiary alicyclic amines) is 2. The van der Waals surface area contributed by atoms with Gasteiger partial charge in [0.25, 0.3) is 0 Å². The Morgan fingerprint density at radius 1 is 1.12 bits per heavy atom. The molecule has 224 valence electrons. The molecule has 2 saturated heterocycles. The molecule has 0 amide bonds. The Balaban J connectivity index is 1.52. The quantitative estimate of drug-likeness (QED) is 0.146. The van der Waals surface area contributed by atoms with E-state index in [-0.39, 0.29) is 0 Å². The van der Waals surface area contributed by atoms with Crippen molar-refractivity contribution in [2.24, 2.45) is 21.0 Å². The van der Waals surface area contributed by atoms with Crippen LogP contribution >= 0.6 is 0 Å². The van der Waals surface area contributed by atoms with Crippen LogP contribution in [-0.4, -0.2) is 115 Å². The number of allylic oxidation sites excluding steroid dienone is 2. The molecule has 0 aromatic carbocycles. The molecule has 0 radical (unpaired) electrons. The number of hydrazone groups is 1.